The van der Waals surface area contributed by atoms with Gasteiger partial charge in [-0.25, -0.2) is 0 Å². The van der Waals surface area contributed by atoms with Gasteiger partial charge in [0, 0.05) is 12.8 Å². The van der Waals surface area contributed by atoms with Crippen LogP contribution in [0, 0.1) is 11.3 Å². The first-order valence-corrected chi connectivity index (χ1v) is 6.86. The minimum absolute atomic E-state index is 0.0213. The highest BCUT2D eigenvalue weighted by atomic mass is 16.5. The van der Waals surface area contributed by atoms with Gasteiger partial charge in [-0.15, -0.1) is 0 Å². The van der Waals surface area contributed by atoms with E-state index in [0.29, 0.717) is 11.7 Å². The molecule has 2 nitrogen and oxygen atoms in total. The lowest BCUT2D eigenvalue weighted by Crippen LogP contribution is -2.51. The molecule has 1 fully saturated rings. The van der Waals surface area contributed by atoms with Gasteiger partial charge in [-0.1, -0.05) is 26.5 Å². The zero-order valence-corrected chi connectivity index (χ0v) is 12.0. The molecule has 2 atom stereocenters. The van der Waals surface area contributed by atoms with E-state index in [-0.39, 0.29) is 16.8 Å². The Morgan fingerprint density at radius 1 is 1.39 bits per heavy atom. The summed E-state index contributed by atoms with van der Waals surface area (Å²) in [5.74, 6) is 1.03. The average Bonchev–Trinajstić information content (AvgIpc) is 2.26. The lowest BCUT2D eigenvalue weighted by atomic mass is 9.59. The first kappa shape index (κ1) is 13.4. The molecule has 100 valence electrons. The van der Waals surface area contributed by atoms with Crippen LogP contribution in [0.1, 0.15) is 53.4 Å². The normalized spacial score (nSPS) is 34.6. The van der Waals surface area contributed by atoms with E-state index in [1.54, 1.807) is 13.0 Å². The number of Topliss-reactive ketones (excluding diaryl/α,β-unsaturated/α-hetero) is 1. The molecule has 0 saturated heterocycles. The molecule has 0 bridgehead atoms. The third-order valence-corrected chi connectivity index (χ3v) is 4.79. The Morgan fingerprint density at radius 3 is 2.61 bits per heavy atom. The molecule has 18 heavy (non-hydrogen) atoms. The quantitative estimate of drug-likeness (QED) is 0.737. The molecule has 2 heteroatoms. The number of hydrogen-bond acceptors (Lipinski definition) is 2. The second-order valence-electron chi connectivity index (χ2n) is 6.63. The van der Waals surface area contributed by atoms with E-state index < -0.39 is 0 Å². The van der Waals surface area contributed by atoms with Crippen molar-refractivity contribution in [3.63, 3.8) is 0 Å². The molecule has 0 radical (unpaired) electrons. The standard InChI is InChI=1S/C16H24O2/c1-6-12-10-13-15(3,4)8-7-9-16(13,5)18-14(12)11(2)17/h6,13H,1,7-10H2,2-5H3. The predicted octanol–water partition coefficient (Wildman–Crippen LogP) is 4.02. The molecule has 1 heterocycles. The molecule has 1 aliphatic heterocycles. The van der Waals surface area contributed by atoms with Crippen molar-refractivity contribution in [1.82, 2.24) is 0 Å². The smallest absolute Gasteiger partial charge is 0.194 e. The Hall–Kier alpha value is -1.05. The first-order valence-electron chi connectivity index (χ1n) is 6.86. The fourth-order valence-electron chi connectivity index (χ4n) is 3.77. The number of carbonyl (C=O) groups is 1. The number of fused-ring (bicyclic) bond motifs is 1. The summed E-state index contributed by atoms with van der Waals surface area (Å²) in [6.07, 6.45) is 6.16. The Bertz CT molecular complexity index is 417. The van der Waals surface area contributed by atoms with Crippen LogP contribution in [0.3, 0.4) is 0 Å². The zero-order chi connectivity index (χ0) is 13.6. The maximum Gasteiger partial charge on any atom is 0.194 e. The molecule has 1 aliphatic carbocycles. The molecule has 2 unspecified atom stereocenters. The summed E-state index contributed by atoms with van der Waals surface area (Å²) in [6.45, 7) is 12.2. The summed E-state index contributed by atoms with van der Waals surface area (Å²) in [4.78, 5) is 11.7. The summed E-state index contributed by atoms with van der Waals surface area (Å²) < 4.78 is 6.14. The fraction of sp³-hybridized carbons (Fsp3) is 0.688. The van der Waals surface area contributed by atoms with Crippen molar-refractivity contribution in [2.75, 3.05) is 0 Å². The molecule has 0 spiro atoms. The van der Waals surface area contributed by atoms with E-state index in [1.807, 2.05) is 0 Å². The Kier molecular flexibility index (Phi) is 3.16. The molecule has 0 N–H and O–H groups in total. The molecular weight excluding hydrogens is 224 g/mol. The number of carbonyl (C=O) groups excluding carboxylic acids is 1. The zero-order valence-electron chi connectivity index (χ0n) is 12.0. The summed E-state index contributed by atoms with van der Waals surface area (Å²) in [6, 6.07) is 0. The fourth-order valence-corrected chi connectivity index (χ4v) is 3.77. The number of rotatable bonds is 2. The van der Waals surface area contributed by atoms with Gasteiger partial charge in [-0.3, -0.25) is 4.79 Å². The van der Waals surface area contributed by atoms with Gasteiger partial charge in [0.2, 0.25) is 0 Å². The van der Waals surface area contributed by atoms with Crippen LogP contribution in [0.25, 0.3) is 0 Å². The highest BCUT2D eigenvalue weighted by molar-refractivity contribution is 5.92. The number of hydrogen-bond donors (Lipinski definition) is 0. The van der Waals surface area contributed by atoms with Crippen molar-refractivity contribution in [2.24, 2.45) is 11.3 Å². The van der Waals surface area contributed by atoms with Crippen LogP contribution in [0.5, 0.6) is 0 Å². The van der Waals surface area contributed by atoms with Gasteiger partial charge in [0.1, 0.15) is 5.60 Å². The number of ketones is 1. The van der Waals surface area contributed by atoms with Gasteiger partial charge < -0.3 is 4.74 Å². The molecule has 1 saturated carbocycles. The molecule has 0 aromatic carbocycles. The highest BCUT2D eigenvalue weighted by Gasteiger charge is 2.51. The Labute approximate surface area is 110 Å². The van der Waals surface area contributed by atoms with Crippen molar-refractivity contribution in [3.8, 4) is 0 Å². The first-order chi connectivity index (χ1) is 8.30. The monoisotopic (exact) mass is 248 g/mol. The average molecular weight is 248 g/mol. The van der Waals surface area contributed by atoms with Crippen LogP contribution in [0.2, 0.25) is 0 Å². The molecule has 0 aromatic rings. The van der Waals surface area contributed by atoms with E-state index in [2.05, 4.69) is 27.4 Å². The Balaban J connectivity index is 2.44. The molecule has 0 aromatic heterocycles. The van der Waals surface area contributed by atoms with Gasteiger partial charge in [0.15, 0.2) is 11.5 Å². The van der Waals surface area contributed by atoms with Crippen LogP contribution in [-0.2, 0) is 9.53 Å². The van der Waals surface area contributed by atoms with Crippen molar-refractivity contribution in [3.05, 3.63) is 24.0 Å². The lowest BCUT2D eigenvalue weighted by Gasteiger charge is -2.53. The SMILES string of the molecule is C=CC1=C(C(C)=O)OC2(C)CCCC(C)(C)C2C1. The van der Waals surface area contributed by atoms with E-state index in [9.17, 15) is 4.79 Å². The van der Waals surface area contributed by atoms with Gasteiger partial charge >= 0.3 is 0 Å². The maximum atomic E-state index is 11.7. The van der Waals surface area contributed by atoms with Crippen molar-refractivity contribution in [1.29, 1.82) is 0 Å². The number of allylic oxidation sites excluding steroid dienone is 3. The van der Waals surface area contributed by atoms with E-state index >= 15 is 0 Å². The summed E-state index contributed by atoms with van der Waals surface area (Å²) in [7, 11) is 0. The maximum absolute atomic E-state index is 11.7. The second-order valence-corrected chi connectivity index (χ2v) is 6.63. The van der Waals surface area contributed by atoms with Gasteiger partial charge in [-0.05, 0) is 43.6 Å². The minimum atomic E-state index is -0.185. The van der Waals surface area contributed by atoms with Gasteiger partial charge in [0.25, 0.3) is 0 Å². The Morgan fingerprint density at radius 2 is 2.06 bits per heavy atom. The number of ether oxygens (including phenoxy) is 1. The second kappa shape index (κ2) is 4.25. The minimum Gasteiger partial charge on any atom is -0.483 e. The van der Waals surface area contributed by atoms with E-state index in [0.717, 1.165) is 18.4 Å². The van der Waals surface area contributed by atoms with Crippen molar-refractivity contribution < 1.29 is 9.53 Å². The predicted molar refractivity (Wildman–Crippen MR) is 73.1 cm³/mol. The summed E-state index contributed by atoms with van der Waals surface area (Å²) >= 11 is 0. The third kappa shape index (κ3) is 2.02. The third-order valence-electron chi connectivity index (χ3n) is 4.79. The molecule has 2 aliphatic rings. The van der Waals surface area contributed by atoms with E-state index in [1.165, 1.54) is 12.8 Å². The molecule has 2 rings (SSSR count). The van der Waals surface area contributed by atoms with Crippen molar-refractivity contribution >= 4 is 5.78 Å². The highest BCUT2D eigenvalue weighted by Crippen LogP contribution is 2.53. The van der Waals surface area contributed by atoms with Crippen LogP contribution >= 0.6 is 0 Å². The van der Waals surface area contributed by atoms with E-state index in [4.69, 9.17) is 4.74 Å². The lowest BCUT2D eigenvalue weighted by molar-refractivity contribution is -0.139. The van der Waals surface area contributed by atoms with Crippen LogP contribution < -0.4 is 0 Å². The summed E-state index contributed by atoms with van der Waals surface area (Å²) in [5, 5.41) is 0. The molecular formula is C16H24O2. The van der Waals surface area contributed by atoms with Crippen LogP contribution in [-0.4, -0.2) is 11.4 Å². The summed E-state index contributed by atoms with van der Waals surface area (Å²) in [5.41, 5.74) is 1.07. The molecule has 0 amide bonds. The van der Waals surface area contributed by atoms with Gasteiger partial charge in [0.05, 0.1) is 0 Å². The van der Waals surface area contributed by atoms with Crippen molar-refractivity contribution in [2.45, 2.75) is 59.0 Å². The van der Waals surface area contributed by atoms with Crippen LogP contribution in [0.15, 0.2) is 24.0 Å². The van der Waals surface area contributed by atoms with Crippen LogP contribution in [0.4, 0.5) is 0 Å². The van der Waals surface area contributed by atoms with Gasteiger partial charge in [-0.2, -0.15) is 0 Å². The largest absolute Gasteiger partial charge is 0.483 e. The topological polar surface area (TPSA) is 26.3 Å².